The summed E-state index contributed by atoms with van der Waals surface area (Å²) in [6, 6.07) is 0. The standard InChI is InChI=1S/C7H16NO5/c1-8-2-4(10)6(12)7(13)5(11)3-9/h4-7,9-13H,2-3H2,1H3/t4-,5+,6+,7+/m0/s1. The molecule has 0 aliphatic carbocycles. The number of aliphatic hydroxyl groups excluding tert-OH is 5. The van der Waals surface area contributed by atoms with Crippen LogP contribution in [-0.4, -0.2) is 70.1 Å². The average Bonchev–Trinajstić information content (AvgIpc) is 2.14. The van der Waals surface area contributed by atoms with E-state index in [2.05, 4.69) is 5.32 Å². The first-order valence-corrected chi connectivity index (χ1v) is 3.93. The van der Waals surface area contributed by atoms with E-state index in [4.69, 9.17) is 20.4 Å². The van der Waals surface area contributed by atoms with E-state index in [0.29, 0.717) is 0 Å². The van der Waals surface area contributed by atoms with Crippen molar-refractivity contribution in [1.82, 2.24) is 5.32 Å². The van der Waals surface area contributed by atoms with Crippen LogP contribution in [0.5, 0.6) is 0 Å². The maximum atomic E-state index is 9.19. The first kappa shape index (κ1) is 12.8. The van der Waals surface area contributed by atoms with Crippen LogP contribution >= 0.6 is 0 Å². The predicted molar refractivity (Wildman–Crippen MR) is 44.0 cm³/mol. The fraction of sp³-hybridized carbons (Fsp3) is 1.00. The zero-order chi connectivity index (χ0) is 10.4. The molecule has 0 heterocycles. The van der Waals surface area contributed by atoms with E-state index in [0.717, 1.165) is 0 Å². The second kappa shape index (κ2) is 6.25. The topological polar surface area (TPSA) is 115 Å². The van der Waals surface area contributed by atoms with Crippen molar-refractivity contribution in [2.24, 2.45) is 0 Å². The van der Waals surface area contributed by atoms with Crippen LogP contribution in [0.15, 0.2) is 0 Å². The second-order valence-corrected chi connectivity index (χ2v) is 2.80. The van der Waals surface area contributed by atoms with Crippen molar-refractivity contribution in [3.63, 3.8) is 0 Å². The lowest BCUT2D eigenvalue weighted by Gasteiger charge is -2.24. The first-order chi connectivity index (χ1) is 6.04. The summed E-state index contributed by atoms with van der Waals surface area (Å²) in [4.78, 5) is 0. The monoisotopic (exact) mass is 194 g/mol. The molecule has 0 spiro atoms. The van der Waals surface area contributed by atoms with Crippen LogP contribution in [0, 0.1) is 0 Å². The molecule has 5 N–H and O–H groups in total. The van der Waals surface area contributed by atoms with Gasteiger partial charge in [-0.3, -0.25) is 0 Å². The van der Waals surface area contributed by atoms with Gasteiger partial charge in [0.25, 0.3) is 0 Å². The van der Waals surface area contributed by atoms with Gasteiger partial charge >= 0.3 is 0 Å². The fourth-order valence-corrected chi connectivity index (χ4v) is 0.858. The molecule has 0 aromatic rings. The molecule has 0 aliphatic heterocycles. The molecule has 79 valence electrons. The lowest BCUT2D eigenvalue weighted by Crippen LogP contribution is -2.47. The molecule has 4 atom stereocenters. The maximum Gasteiger partial charge on any atom is 0.111 e. The smallest absolute Gasteiger partial charge is 0.111 e. The molecule has 1 radical (unpaired) electrons. The maximum absolute atomic E-state index is 9.19. The predicted octanol–water partition coefficient (Wildman–Crippen LogP) is -3.34. The number of aliphatic hydroxyl groups is 5. The highest BCUT2D eigenvalue weighted by Crippen LogP contribution is 2.04. The molecule has 0 aromatic carbocycles. The Labute approximate surface area is 76.4 Å². The summed E-state index contributed by atoms with van der Waals surface area (Å²) in [5.74, 6) is 0. The van der Waals surface area contributed by atoms with E-state index < -0.39 is 31.0 Å². The molecule has 0 bridgehead atoms. The third-order valence-corrected chi connectivity index (χ3v) is 1.70. The first-order valence-electron chi connectivity index (χ1n) is 3.93. The molecule has 0 aliphatic rings. The Hall–Kier alpha value is -0.240. The van der Waals surface area contributed by atoms with Crippen LogP contribution in [0.2, 0.25) is 0 Å². The largest absolute Gasteiger partial charge is 0.394 e. The Morgan fingerprint density at radius 1 is 1.00 bits per heavy atom. The van der Waals surface area contributed by atoms with Gasteiger partial charge < -0.3 is 25.5 Å². The molecule has 6 heteroatoms. The quantitative estimate of drug-likeness (QED) is 0.303. The van der Waals surface area contributed by atoms with Gasteiger partial charge in [0, 0.05) is 13.6 Å². The third kappa shape index (κ3) is 3.99. The Bertz CT molecular complexity index is 134. The Morgan fingerprint density at radius 2 is 1.46 bits per heavy atom. The highest BCUT2D eigenvalue weighted by Gasteiger charge is 2.29. The second-order valence-electron chi connectivity index (χ2n) is 2.80. The lowest BCUT2D eigenvalue weighted by atomic mass is 10.0. The van der Waals surface area contributed by atoms with Gasteiger partial charge in [0.2, 0.25) is 0 Å². The molecule has 0 fully saturated rings. The molecule has 13 heavy (non-hydrogen) atoms. The number of likely N-dealkylation sites (N-methyl/N-ethyl adjacent to an activating group) is 1. The number of hydrogen-bond donors (Lipinski definition) is 5. The van der Waals surface area contributed by atoms with Gasteiger partial charge in [0.15, 0.2) is 0 Å². The molecule has 0 saturated carbocycles. The summed E-state index contributed by atoms with van der Waals surface area (Å²) >= 11 is 0. The normalized spacial score (nSPS) is 20.8. The summed E-state index contributed by atoms with van der Waals surface area (Å²) < 4.78 is 0. The summed E-state index contributed by atoms with van der Waals surface area (Å²) in [5, 5.41) is 48.4. The summed E-state index contributed by atoms with van der Waals surface area (Å²) in [7, 11) is 1.45. The van der Waals surface area contributed by atoms with E-state index in [1.165, 1.54) is 7.05 Å². The van der Waals surface area contributed by atoms with Gasteiger partial charge in [-0.25, -0.2) is 5.32 Å². The highest BCUT2D eigenvalue weighted by molar-refractivity contribution is 4.81. The average molecular weight is 194 g/mol. The zero-order valence-corrected chi connectivity index (χ0v) is 7.41. The van der Waals surface area contributed by atoms with Crippen molar-refractivity contribution in [1.29, 1.82) is 0 Å². The molecular weight excluding hydrogens is 178 g/mol. The number of nitrogens with zero attached hydrogens (tertiary/aromatic N) is 1. The van der Waals surface area contributed by atoms with Crippen LogP contribution in [0.4, 0.5) is 0 Å². The summed E-state index contributed by atoms with van der Waals surface area (Å²) in [5.41, 5.74) is 0. The van der Waals surface area contributed by atoms with E-state index in [9.17, 15) is 5.11 Å². The Kier molecular flexibility index (Phi) is 6.13. The Morgan fingerprint density at radius 3 is 1.85 bits per heavy atom. The van der Waals surface area contributed by atoms with E-state index >= 15 is 0 Å². The fourth-order valence-electron chi connectivity index (χ4n) is 0.858. The molecule has 0 rings (SSSR count). The minimum absolute atomic E-state index is 0.0314. The molecule has 0 unspecified atom stereocenters. The number of rotatable bonds is 6. The number of hydrogen-bond acceptors (Lipinski definition) is 5. The molecule has 0 amide bonds. The van der Waals surface area contributed by atoms with Crippen molar-refractivity contribution in [2.75, 3.05) is 20.2 Å². The van der Waals surface area contributed by atoms with Crippen molar-refractivity contribution in [3.8, 4) is 0 Å². The Balaban J connectivity index is 3.99. The third-order valence-electron chi connectivity index (χ3n) is 1.70. The van der Waals surface area contributed by atoms with E-state index in [-0.39, 0.29) is 6.54 Å². The van der Waals surface area contributed by atoms with Gasteiger partial charge in [-0.15, -0.1) is 0 Å². The van der Waals surface area contributed by atoms with Gasteiger partial charge in [0.05, 0.1) is 12.7 Å². The summed E-state index contributed by atoms with van der Waals surface area (Å²) in [6.07, 6.45) is -5.77. The lowest BCUT2D eigenvalue weighted by molar-refractivity contribution is -0.113. The van der Waals surface area contributed by atoms with Crippen LogP contribution in [0.1, 0.15) is 0 Å². The molecular formula is C7H16NO5. The van der Waals surface area contributed by atoms with Crippen molar-refractivity contribution in [2.45, 2.75) is 24.4 Å². The molecule has 0 saturated heterocycles. The SMILES string of the molecule is C[N]C[C@H](O)[C@@H](O)[C@H](O)[C@H](O)CO. The van der Waals surface area contributed by atoms with Crippen LogP contribution in [0.3, 0.4) is 0 Å². The highest BCUT2D eigenvalue weighted by atomic mass is 16.4. The van der Waals surface area contributed by atoms with Gasteiger partial charge in [-0.05, 0) is 0 Å². The van der Waals surface area contributed by atoms with E-state index in [1.807, 2.05) is 0 Å². The minimum atomic E-state index is -1.57. The van der Waals surface area contributed by atoms with Gasteiger partial charge in [-0.1, -0.05) is 0 Å². The van der Waals surface area contributed by atoms with Crippen LogP contribution in [0.25, 0.3) is 0 Å². The van der Waals surface area contributed by atoms with Crippen molar-refractivity contribution in [3.05, 3.63) is 0 Å². The molecule has 0 aromatic heterocycles. The van der Waals surface area contributed by atoms with Crippen LogP contribution in [-0.2, 0) is 0 Å². The van der Waals surface area contributed by atoms with E-state index in [1.54, 1.807) is 0 Å². The van der Waals surface area contributed by atoms with Gasteiger partial charge in [0.1, 0.15) is 18.3 Å². The molecule has 6 nitrogen and oxygen atoms in total. The van der Waals surface area contributed by atoms with Crippen LogP contribution < -0.4 is 5.32 Å². The minimum Gasteiger partial charge on any atom is -0.394 e. The van der Waals surface area contributed by atoms with Crippen molar-refractivity contribution < 1.29 is 25.5 Å². The van der Waals surface area contributed by atoms with Gasteiger partial charge in [-0.2, -0.15) is 0 Å². The van der Waals surface area contributed by atoms with Crippen molar-refractivity contribution >= 4 is 0 Å². The summed E-state index contributed by atoms with van der Waals surface area (Å²) in [6.45, 7) is -0.704. The zero-order valence-electron chi connectivity index (χ0n) is 7.41.